The zero-order chi connectivity index (χ0) is 16.7. The molecule has 0 bridgehead atoms. The maximum Gasteiger partial charge on any atom is 0.223 e. The van der Waals surface area contributed by atoms with Crippen LogP contribution in [-0.4, -0.2) is 16.9 Å². The van der Waals surface area contributed by atoms with Crippen molar-refractivity contribution in [2.45, 2.75) is 57.9 Å². The van der Waals surface area contributed by atoms with Crippen LogP contribution in [0, 0.1) is 11.8 Å². The number of fused-ring (bicyclic) bond motifs is 3. The van der Waals surface area contributed by atoms with Gasteiger partial charge in [0, 0.05) is 33.0 Å². The predicted octanol–water partition coefficient (Wildman–Crippen LogP) is 4.73. The molecule has 1 saturated carbocycles. The number of rotatable bonds is 2. The van der Waals surface area contributed by atoms with E-state index in [0.29, 0.717) is 0 Å². The Morgan fingerprint density at radius 2 is 2.00 bits per heavy atom. The lowest BCUT2D eigenvalue weighted by atomic mass is 9.82. The molecule has 0 spiro atoms. The monoisotopic (exact) mass is 388 g/mol. The van der Waals surface area contributed by atoms with Crippen LogP contribution in [0.15, 0.2) is 22.7 Å². The summed E-state index contributed by atoms with van der Waals surface area (Å²) in [5.74, 6) is 1.31. The average molecular weight is 389 g/mol. The molecule has 1 heterocycles. The van der Waals surface area contributed by atoms with Crippen LogP contribution in [0.3, 0.4) is 0 Å². The highest BCUT2D eigenvalue weighted by Gasteiger charge is 2.28. The lowest BCUT2D eigenvalue weighted by Crippen LogP contribution is -2.42. The fraction of sp³-hybridized carbons (Fsp3) is 0.550. The summed E-state index contributed by atoms with van der Waals surface area (Å²) in [4.78, 5) is 16.2. The Balaban J connectivity index is 1.47. The minimum Gasteiger partial charge on any atom is -0.358 e. The van der Waals surface area contributed by atoms with E-state index in [1.165, 1.54) is 35.0 Å². The van der Waals surface area contributed by atoms with Gasteiger partial charge < -0.3 is 10.3 Å². The lowest BCUT2D eigenvalue weighted by molar-refractivity contribution is -0.127. The van der Waals surface area contributed by atoms with Gasteiger partial charge in [-0.15, -0.1) is 0 Å². The highest BCUT2D eigenvalue weighted by atomic mass is 79.9. The number of carbonyl (C=O) groups is 1. The third kappa shape index (κ3) is 3.13. The molecule has 0 aliphatic heterocycles. The number of amides is 1. The largest absolute Gasteiger partial charge is 0.358 e. The smallest absolute Gasteiger partial charge is 0.223 e. The van der Waals surface area contributed by atoms with Gasteiger partial charge in [0.05, 0.1) is 0 Å². The van der Waals surface area contributed by atoms with Gasteiger partial charge in [0.2, 0.25) is 5.91 Å². The van der Waals surface area contributed by atoms with E-state index in [2.05, 4.69) is 51.4 Å². The number of H-pyrrole nitrogens is 1. The molecule has 0 unspecified atom stereocenters. The van der Waals surface area contributed by atoms with Crippen LogP contribution in [0.2, 0.25) is 0 Å². The minimum atomic E-state index is 0.236. The summed E-state index contributed by atoms with van der Waals surface area (Å²) in [6.07, 6.45) is 7.52. The zero-order valence-corrected chi connectivity index (χ0v) is 15.8. The average Bonchev–Trinajstić information content (AvgIpc) is 2.93. The molecule has 0 radical (unpaired) electrons. The van der Waals surface area contributed by atoms with Gasteiger partial charge in [-0.1, -0.05) is 22.9 Å². The fourth-order valence-electron chi connectivity index (χ4n) is 4.35. The standard InChI is InChI=1S/C20H25BrN2O/c1-12-2-4-13(5-3-12)20(24)22-15-7-9-19-17(11-15)16-10-14(21)6-8-18(16)23-19/h6,8,10,12-13,15,23H,2-5,7,9,11H2,1H3,(H,22,24)/t12?,13?,15-/m1/s1. The Kier molecular flexibility index (Phi) is 4.42. The van der Waals surface area contributed by atoms with E-state index in [4.69, 9.17) is 0 Å². The zero-order valence-electron chi connectivity index (χ0n) is 14.2. The number of aromatic nitrogens is 1. The summed E-state index contributed by atoms with van der Waals surface area (Å²) in [6.45, 7) is 2.30. The maximum atomic E-state index is 12.6. The van der Waals surface area contributed by atoms with Crippen molar-refractivity contribution in [2.24, 2.45) is 11.8 Å². The number of hydrogen-bond acceptors (Lipinski definition) is 1. The molecule has 24 heavy (non-hydrogen) atoms. The van der Waals surface area contributed by atoms with Gasteiger partial charge in [-0.2, -0.15) is 0 Å². The second kappa shape index (κ2) is 6.55. The van der Waals surface area contributed by atoms with Crippen molar-refractivity contribution in [2.75, 3.05) is 0 Å². The third-order valence-electron chi connectivity index (χ3n) is 5.88. The molecule has 1 amide bonds. The summed E-state index contributed by atoms with van der Waals surface area (Å²) in [5.41, 5.74) is 3.94. The van der Waals surface area contributed by atoms with Crippen molar-refractivity contribution >= 4 is 32.7 Å². The Morgan fingerprint density at radius 3 is 2.79 bits per heavy atom. The lowest BCUT2D eigenvalue weighted by Gasteiger charge is -2.29. The van der Waals surface area contributed by atoms with Crippen molar-refractivity contribution < 1.29 is 4.79 Å². The van der Waals surface area contributed by atoms with E-state index < -0.39 is 0 Å². The first-order valence-electron chi connectivity index (χ1n) is 9.19. The fourth-order valence-corrected chi connectivity index (χ4v) is 4.71. The first kappa shape index (κ1) is 16.2. The molecule has 4 heteroatoms. The van der Waals surface area contributed by atoms with Crippen molar-refractivity contribution in [1.82, 2.24) is 10.3 Å². The number of aromatic amines is 1. The number of hydrogen-bond donors (Lipinski definition) is 2. The first-order chi connectivity index (χ1) is 11.6. The Labute approximate surface area is 151 Å². The van der Waals surface area contributed by atoms with Crippen molar-refractivity contribution in [1.29, 1.82) is 0 Å². The molecule has 2 N–H and O–H groups in total. The van der Waals surface area contributed by atoms with Crippen molar-refractivity contribution in [3.8, 4) is 0 Å². The van der Waals surface area contributed by atoms with Crippen molar-refractivity contribution in [3.05, 3.63) is 33.9 Å². The minimum absolute atomic E-state index is 0.236. The molecule has 0 saturated heterocycles. The Morgan fingerprint density at radius 1 is 1.21 bits per heavy atom. The molecule has 4 rings (SSSR count). The van der Waals surface area contributed by atoms with Crippen LogP contribution < -0.4 is 5.32 Å². The molecule has 1 fully saturated rings. The molecule has 2 aliphatic carbocycles. The molecule has 2 aromatic rings. The van der Waals surface area contributed by atoms with Gasteiger partial charge in [0.25, 0.3) is 0 Å². The maximum absolute atomic E-state index is 12.6. The van der Waals surface area contributed by atoms with E-state index >= 15 is 0 Å². The number of nitrogens with one attached hydrogen (secondary N) is 2. The van der Waals surface area contributed by atoms with E-state index in [9.17, 15) is 4.79 Å². The molecular weight excluding hydrogens is 364 g/mol. The van der Waals surface area contributed by atoms with Crippen LogP contribution in [-0.2, 0) is 17.6 Å². The predicted molar refractivity (Wildman–Crippen MR) is 101 cm³/mol. The Hall–Kier alpha value is -1.29. The van der Waals surface area contributed by atoms with E-state index in [-0.39, 0.29) is 17.9 Å². The van der Waals surface area contributed by atoms with Gasteiger partial charge in [-0.25, -0.2) is 0 Å². The molecule has 1 aromatic carbocycles. The number of benzene rings is 1. The first-order valence-corrected chi connectivity index (χ1v) is 9.99. The van der Waals surface area contributed by atoms with Crippen LogP contribution in [0.5, 0.6) is 0 Å². The highest BCUT2D eigenvalue weighted by Crippen LogP contribution is 2.32. The SMILES string of the molecule is CC1CCC(C(=O)N[C@@H]2CCc3[nH]c4ccc(Br)cc4c3C2)CC1. The van der Waals surface area contributed by atoms with Crippen LogP contribution >= 0.6 is 15.9 Å². The van der Waals surface area contributed by atoms with Gasteiger partial charge in [0.15, 0.2) is 0 Å². The van der Waals surface area contributed by atoms with Crippen molar-refractivity contribution in [3.63, 3.8) is 0 Å². The molecule has 2 aliphatic rings. The van der Waals surface area contributed by atoms with Crippen LogP contribution in [0.4, 0.5) is 0 Å². The normalized spacial score (nSPS) is 27.0. The summed E-state index contributed by atoms with van der Waals surface area (Å²) in [5, 5.41) is 4.64. The number of aryl methyl sites for hydroxylation is 1. The molecule has 3 nitrogen and oxygen atoms in total. The molecule has 1 atom stereocenters. The second-order valence-corrected chi connectivity index (χ2v) is 8.59. The van der Waals surface area contributed by atoms with Crippen LogP contribution in [0.25, 0.3) is 10.9 Å². The van der Waals surface area contributed by atoms with Crippen LogP contribution in [0.1, 0.15) is 50.3 Å². The molecule has 1 aromatic heterocycles. The molecule has 128 valence electrons. The third-order valence-corrected chi connectivity index (χ3v) is 6.38. The van der Waals surface area contributed by atoms with E-state index in [1.807, 2.05) is 0 Å². The van der Waals surface area contributed by atoms with E-state index in [0.717, 1.165) is 42.5 Å². The van der Waals surface area contributed by atoms with E-state index in [1.54, 1.807) is 0 Å². The van der Waals surface area contributed by atoms with Gasteiger partial charge >= 0.3 is 0 Å². The molecular formula is C20H25BrN2O. The summed E-state index contributed by atoms with van der Waals surface area (Å²) < 4.78 is 1.11. The number of carbonyl (C=O) groups excluding carboxylic acids is 1. The van der Waals surface area contributed by atoms with Gasteiger partial charge in [-0.3, -0.25) is 4.79 Å². The van der Waals surface area contributed by atoms with Gasteiger partial charge in [-0.05, 0) is 74.6 Å². The number of halogens is 1. The summed E-state index contributed by atoms with van der Waals surface area (Å²) in [6, 6.07) is 6.68. The van der Waals surface area contributed by atoms with Gasteiger partial charge in [0.1, 0.15) is 0 Å². The highest BCUT2D eigenvalue weighted by molar-refractivity contribution is 9.10. The summed E-state index contributed by atoms with van der Waals surface area (Å²) in [7, 11) is 0. The summed E-state index contributed by atoms with van der Waals surface area (Å²) >= 11 is 3.57. The second-order valence-electron chi connectivity index (χ2n) is 7.68. The quantitative estimate of drug-likeness (QED) is 0.766. The topological polar surface area (TPSA) is 44.9 Å². The Bertz CT molecular complexity index is 758.